The predicted octanol–water partition coefficient (Wildman–Crippen LogP) is 3.19. The van der Waals surface area contributed by atoms with Gasteiger partial charge in [-0.25, -0.2) is 24.2 Å². The quantitative estimate of drug-likeness (QED) is 0.0742. The van der Waals surface area contributed by atoms with Crippen molar-refractivity contribution in [3.8, 4) is 5.75 Å². The van der Waals surface area contributed by atoms with Crippen molar-refractivity contribution in [3.05, 3.63) is 89.8 Å². The average molecular weight is 633 g/mol. The molecule has 4 amide bonds. The number of imide groups is 1. The van der Waals surface area contributed by atoms with Crippen LogP contribution in [-0.4, -0.2) is 48.5 Å². The maximum atomic E-state index is 13.1. The summed E-state index contributed by atoms with van der Waals surface area (Å²) in [5.74, 6) is -2.81. The zero-order chi connectivity index (χ0) is 32.3. The molecule has 0 spiro atoms. The molecule has 0 aliphatic heterocycles. The largest absolute Gasteiger partial charge is 0.493 e. The van der Waals surface area contributed by atoms with Crippen LogP contribution in [0.1, 0.15) is 24.0 Å². The van der Waals surface area contributed by atoms with Crippen LogP contribution in [0.3, 0.4) is 0 Å². The van der Waals surface area contributed by atoms with Gasteiger partial charge in [0.25, 0.3) is 0 Å². The molecule has 1 heterocycles. The summed E-state index contributed by atoms with van der Waals surface area (Å²) in [5, 5.41) is 9.28. The maximum Gasteiger partial charge on any atom is 0.378 e. The Kier molecular flexibility index (Phi) is 11.2. The lowest BCUT2D eigenvalue weighted by molar-refractivity contribution is -0.256. The Balaban J connectivity index is 1.42. The molecular formula is C32H32N4O8S. The second-order valence-corrected chi connectivity index (χ2v) is 10.9. The summed E-state index contributed by atoms with van der Waals surface area (Å²) in [6, 6.07) is 15.6. The molecule has 0 fully saturated rings. The highest BCUT2D eigenvalue weighted by molar-refractivity contribution is 7.17. The van der Waals surface area contributed by atoms with Gasteiger partial charge in [-0.1, -0.05) is 49.0 Å². The predicted molar refractivity (Wildman–Crippen MR) is 168 cm³/mol. The topological polar surface area (TPSA) is 189 Å². The van der Waals surface area contributed by atoms with E-state index in [4.69, 9.17) is 16.2 Å². The van der Waals surface area contributed by atoms with E-state index in [-0.39, 0.29) is 32.3 Å². The number of hydrogen-bond acceptors (Lipinski definition) is 10. The first-order valence-electron chi connectivity index (χ1n) is 13.9. The van der Waals surface area contributed by atoms with Gasteiger partial charge in [0, 0.05) is 16.3 Å². The Morgan fingerprint density at radius 3 is 2.40 bits per heavy atom. The summed E-state index contributed by atoms with van der Waals surface area (Å²) in [7, 11) is 0. The first-order chi connectivity index (χ1) is 21.6. The summed E-state index contributed by atoms with van der Waals surface area (Å²) in [5.41, 5.74) is 12.7. The smallest absolute Gasteiger partial charge is 0.378 e. The summed E-state index contributed by atoms with van der Waals surface area (Å²) in [4.78, 5) is 69.7. The van der Waals surface area contributed by atoms with Gasteiger partial charge in [-0.05, 0) is 64.6 Å². The highest BCUT2D eigenvalue weighted by atomic mass is 32.1. The van der Waals surface area contributed by atoms with Gasteiger partial charge in [0.05, 0.1) is 19.1 Å². The standard InChI is InChI=1S/C32H32N4O8S/c1-2-29(38)43-44-31(40)25(35-30(39)24(33)15-22-18-45-27-12-6-5-10-23(22)27)11-7-13-42-26-16-20-9-4-3-8-19(20)14-21(26)17-28(37)36-32(34)41/h2-6,8-10,12,14,16,18,24-25H,1,7,11,13,15,17,33H2,(H,35,39)(H3,34,36,37,41)/t24-,25?/m0/s1. The molecule has 12 nitrogen and oxygen atoms in total. The fourth-order valence-electron chi connectivity index (χ4n) is 4.59. The first kappa shape index (κ1) is 32.6. The Morgan fingerprint density at radius 2 is 1.67 bits per heavy atom. The molecule has 4 rings (SSSR count). The minimum absolute atomic E-state index is 0.0371. The third-order valence-electron chi connectivity index (χ3n) is 6.75. The van der Waals surface area contributed by atoms with E-state index >= 15 is 0 Å². The third kappa shape index (κ3) is 9.11. The fraction of sp³-hybridized carbons (Fsp3) is 0.219. The zero-order valence-corrected chi connectivity index (χ0v) is 25.0. The number of ether oxygens (including phenoxy) is 1. The minimum Gasteiger partial charge on any atom is -0.493 e. The molecular weight excluding hydrogens is 600 g/mol. The zero-order valence-electron chi connectivity index (χ0n) is 24.2. The number of carbonyl (C=O) groups excluding carboxylic acids is 5. The van der Waals surface area contributed by atoms with Crippen LogP contribution < -0.4 is 26.8 Å². The van der Waals surface area contributed by atoms with E-state index in [1.165, 1.54) is 0 Å². The van der Waals surface area contributed by atoms with Crippen molar-refractivity contribution in [1.82, 2.24) is 10.6 Å². The van der Waals surface area contributed by atoms with Crippen LogP contribution in [0.5, 0.6) is 5.75 Å². The molecule has 1 aromatic heterocycles. The van der Waals surface area contributed by atoms with Crippen LogP contribution in [0.2, 0.25) is 0 Å². The Hall–Kier alpha value is -5.27. The van der Waals surface area contributed by atoms with E-state index in [1.807, 2.05) is 59.2 Å². The Morgan fingerprint density at radius 1 is 0.956 bits per heavy atom. The van der Waals surface area contributed by atoms with E-state index in [0.29, 0.717) is 11.3 Å². The van der Waals surface area contributed by atoms with Crippen LogP contribution in [0.4, 0.5) is 4.79 Å². The molecule has 1 unspecified atom stereocenters. The molecule has 45 heavy (non-hydrogen) atoms. The number of amides is 4. The summed E-state index contributed by atoms with van der Waals surface area (Å²) >= 11 is 1.54. The highest BCUT2D eigenvalue weighted by Gasteiger charge is 2.27. The second kappa shape index (κ2) is 15.5. The molecule has 0 saturated heterocycles. The number of primary amides is 1. The lowest BCUT2D eigenvalue weighted by atomic mass is 10.0. The van der Waals surface area contributed by atoms with E-state index < -0.39 is 41.9 Å². The van der Waals surface area contributed by atoms with Crippen LogP contribution in [0.15, 0.2) is 78.7 Å². The average Bonchev–Trinajstić information content (AvgIpc) is 3.43. The molecule has 0 aliphatic carbocycles. The number of thiophene rings is 1. The van der Waals surface area contributed by atoms with E-state index in [1.54, 1.807) is 23.5 Å². The lowest BCUT2D eigenvalue weighted by Gasteiger charge is -2.19. The van der Waals surface area contributed by atoms with Crippen molar-refractivity contribution in [2.75, 3.05) is 6.61 Å². The van der Waals surface area contributed by atoms with Crippen molar-refractivity contribution < 1.29 is 38.5 Å². The molecule has 0 saturated carbocycles. The monoisotopic (exact) mass is 632 g/mol. The Labute approximate surface area is 262 Å². The van der Waals surface area contributed by atoms with Gasteiger partial charge >= 0.3 is 18.0 Å². The minimum atomic E-state index is -1.22. The van der Waals surface area contributed by atoms with Gasteiger partial charge in [0.2, 0.25) is 11.8 Å². The molecule has 0 bridgehead atoms. The molecule has 234 valence electrons. The molecule has 13 heteroatoms. The van der Waals surface area contributed by atoms with Crippen LogP contribution in [0, 0.1) is 0 Å². The number of carbonyl (C=O) groups is 5. The molecule has 2 atom stereocenters. The van der Waals surface area contributed by atoms with Crippen LogP contribution in [0.25, 0.3) is 20.9 Å². The van der Waals surface area contributed by atoms with E-state index in [9.17, 15) is 24.0 Å². The lowest BCUT2D eigenvalue weighted by Crippen LogP contribution is -2.49. The van der Waals surface area contributed by atoms with E-state index in [2.05, 4.69) is 21.7 Å². The SMILES string of the molecule is C=CC(=O)OOC(=O)C(CCCOc1cc2ccccc2cc1CC(=O)NC(N)=O)NC(=O)[C@@H](N)Cc1csc2ccccc12. The van der Waals surface area contributed by atoms with Gasteiger partial charge in [-0.2, -0.15) is 0 Å². The Bertz CT molecular complexity index is 1740. The van der Waals surface area contributed by atoms with Gasteiger partial charge < -0.3 is 21.5 Å². The first-order valence-corrected chi connectivity index (χ1v) is 14.8. The number of benzene rings is 3. The van der Waals surface area contributed by atoms with E-state index in [0.717, 1.165) is 32.5 Å². The van der Waals surface area contributed by atoms with Gasteiger partial charge in [-0.3, -0.25) is 14.9 Å². The molecule has 4 aromatic rings. The van der Waals surface area contributed by atoms with Crippen molar-refractivity contribution in [2.24, 2.45) is 11.5 Å². The number of nitrogens with two attached hydrogens (primary N) is 2. The summed E-state index contributed by atoms with van der Waals surface area (Å²) < 4.78 is 7.04. The van der Waals surface area contributed by atoms with Gasteiger partial charge in [-0.15, -0.1) is 11.3 Å². The second-order valence-electron chi connectivity index (χ2n) is 10.0. The van der Waals surface area contributed by atoms with Crippen LogP contribution >= 0.6 is 11.3 Å². The van der Waals surface area contributed by atoms with Gasteiger partial charge in [0.1, 0.15) is 11.8 Å². The number of nitrogens with one attached hydrogen (secondary N) is 2. The molecule has 0 radical (unpaired) electrons. The fourth-order valence-corrected chi connectivity index (χ4v) is 5.56. The van der Waals surface area contributed by atoms with Gasteiger partial charge in [0.15, 0.2) is 0 Å². The van der Waals surface area contributed by atoms with Crippen molar-refractivity contribution in [1.29, 1.82) is 0 Å². The normalized spacial score (nSPS) is 12.1. The highest BCUT2D eigenvalue weighted by Crippen LogP contribution is 2.28. The maximum absolute atomic E-state index is 13.1. The van der Waals surface area contributed by atoms with Crippen molar-refractivity contribution in [3.63, 3.8) is 0 Å². The summed E-state index contributed by atoms with van der Waals surface area (Å²) in [6.07, 6.45) is 1.16. The molecule has 3 aromatic carbocycles. The van der Waals surface area contributed by atoms with Crippen molar-refractivity contribution >= 4 is 62.0 Å². The number of rotatable bonds is 13. The molecule has 6 N–H and O–H groups in total. The number of urea groups is 1. The van der Waals surface area contributed by atoms with Crippen LogP contribution in [-0.2, 0) is 41.8 Å². The summed E-state index contributed by atoms with van der Waals surface area (Å²) in [6.45, 7) is 3.31. The third-order valence-corrected chi connectivity index (χ3v) is 7.76. The molecule has 0 aliphatic rings. The number of fused-ring (bicyclic) bond motifs is 2. The van der Waals surface area contributed by atoms with Crippen molar-refractivity contribution in [2.45, 2.75) is 37.8 Å². The number of hydrogen-bond donors (Lipinski definition) is 4.